The number of rotatable bonds is 3. The summed E-state index contributed by atoms with van der Waals surface area (Å²) in [6.45, 7) is 6.14. The third kappa shape index (κ3) is 3.88. The second-order valence-corrected chi connectivity index (χ2v) is 10.00. The number of aliphatic imine (C=N–C) groups is 1. The number of benzene rings is 1. The van der Waals surface area contributed by atoms with Crippen LogP contribution in [0, 0.1) is 17.8 Å². The fraction of sp³-hybridized carbons (Fsp3) is 0.500. The second-order valence-electron chi connectivity index (χ2n) is 10.00. The number of carbonyl (C=O) groups is 2. The number of ether oxygens (including phenoxy) is 1. The molecule has 7 nitrogen and oxygen atoms in total. The largest absolute Gasteiger partial charge is 0.496 e. The Morgan fingerprint density at radius 1 is 1.21 bits per heavy atom. The van der Waals surface area contributed by atoms with Crippen molar-refractivity contribution >= 4 is 18.0 Å². The molecule has 2 amide bonds. The molecule has 4 aliphatic rings. The molecule has 3 N–H and O–H groups in total. The molecule has 4 atom stereocenters. The number of nitrogens with one attached hydrogen (secondary N) is 1. The first kappa shape index (κ1) is 21.9. The van der Waals surface area contributed by atoms with Gasteiger partial charge >= 0.3 is 0 Å². The Morgan fingerprint density at radius 2 is 1.97 bits per heavy atom. The maximum atomic E-state index is 13.6. The van der Waals surface area contributed by atoms with Crippen LogP contribution in [0.1, 0.15) is 48.5 Å². The normalized spacial score (nSPS) is 31.0. The van der Waals surface area contributed by atoms with Crippen LogP contribution >= 0.6 is 0 Å². The van der Waals surface area contributed by atoms with Crippen molar-refractivity contribution in [2.75, 3.05) is 26.7 Å². The van der Waals surface area contributed by atoms with E-state index in [1.54, 1.807) is 13.2 Å². The zero-order valence-corrected chi connectivity index (χ0v) is 19.5. The van der Waals surface area contributed by atoms with Crippen molar-refractivity contribution in [3.63, 3.8) is 0 Å². The molecule has 5 rings (SSSR count). The average Bonchev–Trinajstić information content (AvgIpc) is 3.14. The van der Waals surface area contributed by atoms with Crippen LogP contribution in [0.5, 0.6) is 5.75 Å². The molecule has 33 heavy (non-hydrogen) atoms. The van der Waals surface area contributed by atoms with Gasteiger partial charge in [0.25, 0.3) is 5.91 Å². The number of hydrogen-bond acceptors (Lipinski definition) is 5. The minimum absolute atomic E-state index is 0.000788. The summed E-state index contributed by atoms with van der Waals surface area (Å²) in [4.78, 5) is 32.2. The van der Waals surface area contributed by atoms with Gasteiger partial charge in [-0.1, -0.05) is 19.9 Å². The minimum Gasteiger partial charge on any atom is -0.496 e. The summed E-state index contributed by atoms with van der Waals surface area (Å²) in [6.07, 6.45) is 5.19. The zero-order valence-electron chi connectivity index (χ0n) is 19.5. The van der Waals surface area contributed by atoms with Crippen molar-refractivity contribution in [1.29, 1.82) is 0 Å². The quantitative estimate of drug-likeness (QED) is 0.743. The van der Waals surface area contributed by atoms with Gasteiger partial charge in [-0.2, -0.15) is 0 Å². The molecule has 0 saturated carbocycles. The van der Waals surface area contributed by atoms with E-state index in [-0.39, 0.29) is 41.5 Å². The number of likely N-dealkylation sites (tertiary alicyclic amines) is 1. The molecule has 3 aliphatic heterocycles. The highest BCUT2D eigenvalue weighted by Gasteiger charge is 2.37. The molecule has 3 heterocycles. The van der Waals surface area contributed by atoms with Gasteiger partial charge in [0.15, 0.2) is 0 Å². The fourth-order valence-corrected chi connectivity index (χ4v) is 5.89. The van der Waals surface area contributed by atoms with Crippen LogP contribution in [0.4, 0.5) is 0 Å². The molecule has 7 heteroatoms. The molecule has 1 aromatic rings. The van der Waals surface area contributed by atoms with E-state index < -0.39 is 0 Å². The molecule has 4 unspecified atom stereocenters. The third-order valence-corrected chi connectivity index (χ3v) is 7.75. The molecule has 0 aromatic heterocycles. The van der Waals surface area contributed by atoms with Gasteiger partial charge in [-0.05, 0) is 53.9 Å². The molecule has 1 aromatic carbocycles. The predicted octanol–water partition coefficient (Wildman–Crippen LogP) is 2.64. The minimum atomic E-state index is -0.0572. The Hall–Kier alpha value is -2.93. The molecule has 1 aliphatic carbocycles. The van der Waals surface area contributed by atoms with Gasteiger partial charge in [0, 0.05) is 55.2 Å². The number of piperidine rings is 1. The van der Waals surface area contributed by atoms with E-state index in [0.717, 1.165) is 29.7 Å². The summed E-state index contributed by atoms with van der Waals surface area (Å²) >= 11 is 0. The van der Waals surface area contributed by atoms with Gasteiger partial charge in [0.1, 0.15) is 5.75 Å². The highest BCUT2D eigenvalue weighted by Crippen LogP contribution is 2.45. The third-order valence-electron chi connectivity index (χ3n) is 7.75. The molecule has 174 valence electrons. The first-order valence-corrected chi connectivity index (χ1v) is 11.9. The molecule has 1 saturated heterocycles. The smallest absolute Gasteiger partial charge is 0.257 e. The van der Waals surface area contributed by atoms with E-state index in [2.05, 4.69) is 30.2 Å². The summed E-state index contributed by atoms with van der Waals surface area (Å²) in [7, 11) is 1.61. The van der Waals surface area contributed by atoms with Gasteiger partial charge in [-0.3, -0.25) is 14.6 Å². The molecule has 0 bridgehead atoms. The van der Waals surface area contributed by atoms with Gasteiger partial charge in [0.05, 0.1) is 12.7 Å². The molecule has 0 spiro atoms. The maximum absolute atomic E-state index is 13.6. The van der Waals surface area contributed by atoms with Gasteiger partial charge in [-0.15, -0.1) is 0 Å². The topological polar surface area (TPSA) is 97.0 Å². The SMILES string of the molecule is COc1ccc(C2CC3=C4C(=CC(=O)NCC4C2)C=N3)cc1C(=O)N1CC(C)C(N)C(C)C1. The van der Waals surface area contributed by atoms with E-state index >= 15 is 0 Å². The Balaban J connectivity index is 1.43. The number of nitrogens with zero attached hydrogens (tertiary/aromatic N) is 2. The Bertz CT molecular complexity index is 1080. The van der Waals surface area contributed by atoms with Crippen LogP contribution in [-0.4, -0.2) is 55.7 Å². The Morgan fingerprint density at radius 3 is 2.70 bits per heavy atom. The van der Waals surface area contributed by atoms with Gasteiger partial charge in [0.2, 0.25) is 5.91 Å². The van der Waals surface area contributed by atoms with E-state index in [9.17, 15) is 9.59 Å². The number of amides is 2. The van der Waals surface area contributed by atoms with Gasteiger partial charge in [-0.25, -0.2) is 0 Å². The van der Waals surface area contributed by atoms with Crippen molar-refractivity contribution in [2.24, 2.45) is 28.5 Å². The van der Waals surface area contributed by atoms with Crippen molar-refractivity contribution in [3.8, 4) is 5.75 Å². The Labute approximate surface area is 194 Å². The Kier molecular flexibility index (Phi) is 5.60. The highest BCUT2D eigenvalue weighted by molar-refractivity contribution is 6.00. The van der Waals surface area contributed by atoms with Crippen molar-refractivity contribution in [3.05, 3.63) is 52.2 Å². The van der Waals surface area contributed by atoms with Crippen LogP contribution in [0.25, 0.3) is 0 Å². The molecule has 1 fully saturated rings. The lowest BCUT2D eigenvalue weighted by molar-refractivity contribution is -0.116. The number of allylic oxidation sites excluding steroid dienone is 2. The lowest BCUT2D eigenvalue weighted by Gasteiger charge is -2.39. The van der Waals surface area contributed by atoms with Crippen LogP contribution in [0.3, 0.4) is 0 Å². The first-order chi connectivity index (χ1) is 15.9. The van der Waals surface area contributed by atoms with E-state index in [1.165, 1.54) is 5.57 Å². The number of nitrogens with two attached hydrogens (primary N) is 1. The predicted molar refractivity (Wildman–Crippen MR) is 127 cm³/mol. The average molecular weight is 449 g/mol. The summed E-state index contributed by atoms with van der Waals surface area (Å²) in [5.74, 6) is 1.50. The summed E-state index contributed by atoms with van der Waals surface area (Å²) < 4.78 is 5.58. The molecular formula is C26H32N4O3. The number of hydrogen-bond donors (Lipinski definition) is 2. The van der Waals surface area contributed by atoms with E-state index in [0.29, 0.717) is 30.9 Å². The monoisotopic (exact) mass is 448 g/mol. The molecule has 0 radical (unpaired) electrons. The van der Waals surface area contributed by atoms with Crippen LogP contribution in [0.2, 0.25) is 0 Å². The first-order valence-electron chi connectivity index (χ1n) is 11.9. The number of methoxy groups -OCH3 is 1. The summed E-state index contributed by atoms with van der Waals surface area (Å²) in [5.41, 5.74) is 11.2. The summed E-state index contributed by atoms with van der Waals surface area (Å²) in [6, 6.07) is 6.09. The number of carbonyl (C=O) groups excluding carboxylic acids is 2. The van der Waals surface area contributed by atoms with Gasteiger partial charge < -0.3 is 20.7 Å². The van der Waals surface area contributed by atoms with Crippen molar-refractivity contribution in [1.82, 2.24) is 10.2 Å². The van der Waals surface area contributed by atoms with Crippen LogP contribution < -0.4 is 15.8 Å². The zero-order chi connectivity index (χ0) is 23.3. The standard InChI is InChI=1S/C26H32N4O3/c1-14-12-30(13-15(2)25(14)27)26(32)20-7-16(4-5-22(20)33-3)17-6-18-11-29-23(31)9-19-10-28-21(8-17)24(18)19/h4-5,7,9-10,14-15,17-18,25H,6,8,11-13,27H2,1-3H3,(H,29,31). The van der Waals surface area contributed by atoms with Crippen LogP contribution in [-0.2, 0) is 4.79 Å². The second kappa shape index (κ2) is 8.45. The van der Waals surface area contributed by atoms with E-state index in [1.807, 2.05) is 23.2 Å². The lowest BCUT2D eigenvalue weighted by Crippen LogP contribution is -2.53. The summed E-state index contributed by atoms with van der Waals surface area (Å²) in [5, 5.41) is 3.00. The fourth-order valence-electron chi connectivity index (χ4n) is 5.89. The van der Waals surface area contributed by atoms with Crippen LogP contribution in [0.15, 0.2) is 46.1 Å². The lowest BCUT2D eigenvalue weighted by atomic mass is 9.75. The maximum Gasteiger partial charge on any atom is 0.257 e. The van der Waals surface area contributed by atoms with Crippen molar-refractivity contribution < 1.29 is 14.3 Å². The molecular weight excluding hydrogens is 416 g/mol. The highest BCUT2D eigenvalue weighted by atomic mass is 16.5. The van der Waals surface area contributed by atoms with E-state index in [4.69, 9.17) is 10.5 Å². The van der Waals surface area contributed by atoms with Crippen molar-refractivity contribution in [2.45, 2.75) is 38.6 Å².